The molecule has 6 nitrogen and oxygen atoms in total. The molecule has 0 aliphatic heterocycles. The molecule has 6 heteroatoms. The lowest BCUT2D eigenvalue weighted by Gasteiger charge is -2.36. The van der Waals surface area contributed by atoms with Crippen molar-refractivity contribution in [3.8, 4) is 0 Å². The van der Waals surface area contributed by atoms with E-state index in [1.165, 1.54) is 4.90 Å². The number of aliphatic hydroxyl groups excluding tert-OH is 1. The van der Waals surface area contributed by atoms with Crippen molar-refractivity contribution in [2.75, 3.05) is 26.7 Å². The predicted molar refractivity (Wildman–Crippen MR) is 70.8 cm³/mol. The summed E-state index contributed by atoms with van der Waals surface area (Å²) in [6.45, 7) is 2.41. The maximum absolute atomic E-state index is 11.7. The number of hydrogen-bond acceptors (Lipinski definition) is 3. The first-order chi connectivity index (χ1) is 8.91. The van der Waals surface area contributed by atoms with E-state index in [0.29, 0.717) is 18.8 Å². The zero-order valence-corrected chi connectivity index (χ0v) is 11.7. The van der Waals surface area contributed by atoms with Gasteiger partial charge in [-0.3, -0.25) is 4.79 Å². The number of hydrogen-bond donors (Lipinski definition) is 3. The normalized spacial score (nSPS) is 26.8. The molecule has 0 heterocycles. The summed E-state index contributed by atoms with van der Waals surface area (Å²) in [6.07, 6.45) is 2.98. The number of carboxylic acids is 1. The molecule has 0 spiro atoms. The fourth-order valence-corrected chi connectivity index (χ4v) is 2.41. The summed E-state index contributed by atoms with van der Waals surface area (Å²) in [7, 11) is 1.57. The van der Waals surface area contributed by atoms with Crippen LogP contribution < -0.4 is 5.32 Å². The highest BCUT2D eigenvalue weighted by Crippen LogP contribution is 2.38. The molecule has 1 saturated carbocycles. The van der Waals surface area contributed by atoms with E-state index >= 15 is 0 Å². The average molecular weight is 272 g/mol. The minimum Gasteiger partial charge on any atom is -0.481 e. The summed E-state index contributed by atoms with van der Waals surface area (Å²) in [5.41, 5.74) is -0.831. The number of nitrogens with zero attached hydrogens (tertiary/aromatic N) is 1. The lowest BCUT2D eigenvalue weighted by molar-refractivity contribution is -0.151. The Hall–Kier alpha value is -1.30. The van der Waals surface area contributed by atoms with Crippen molar-refractivity contribution >= 4 is 12.0 Å². The van der Waals surface area contributed by atoms with Gasteiger partial charge in [0, 0.05) is 20.1 Å². The van der Waals surface area contributed by atoms with E-state index in [9.17, 15) is 14.7 Å². The Bertz CT molecular complexity index is 325. The zero-order valence-electron chi connectivity index (χ0n) is 11.7. The molecule has 0 radical (unpaired) electrons. The summed E-state index contributed by atoms with van der Waals surface area (Å²) in [5.74, 6) is -0.273. The van der Waals surface area contributed by atoms with Crippen LogP contribution in [0.1, 0.15) is 32.6 Å². The van der Waals surface area contributed by atoms with Gasteiger partial charge in [-0.1, -0.05) is 6.92 Å². The quantitative estimate of drug-likeness (QED) is 0.693. The van der Waals surface area contributed by atoms with Crippen molar-refractivity contribution in [1.82, 2.24) is 10.2 Å². The first-order valence-electron chi connectivity index (χ1n) is 6.74. The minimum atomic E-state index is -0.831. The van der Waals surface area contributed by atoms with E-state index in [0.717, 1.165) is 12.8 Å². The lowest BCUT2D eigenvalue weighted by Crippen LogP contribution is -2.48. The number of likely N-dealkylation sites (N-methyl/N-ethyl adjacent to an activating group) is 1. The molecule has 0 atom stereocenters. The first kappa shape index (κ1) is 15.8. The number of carbonyl (C=O) groups excluding carboxylic acids is 1. The number of aliphatic hydroxyl groups is 1. The lowest BCUT2D eigenvalue weighted by atomic mass is 9.71. The van der Waals surface area contributed by atoms with E-state index in [-0.39, 0.29) is 25.7 Å². The van der Waals surface area contributed by atoms with Gasteiger partial charge in [-0.15, -0.1) is 0 Å². The van der Waals surface area contributed by atoms with Gasteiger partial charge >= 0.3 is 12.0 Å². The highest BCUT2D eigenvalue weighted by atomic mass is 16.4. The summed E-state index contributed by atoms with van der Waals surface area (Å²) in [6, 6.07) is -0.340. The van der Waals surface area contributed by atoms with Crippen LogP contribution in [0.5, 0.6) is 0 Å². The molecular formula is C13H24N2O4. The zero-order chi connectivity index (χ0) is 14.5. The Labute approximate surface area is 113 Å². The number of carboxylic acid groups (broad SMARTS) is 1. The summed E-state index contributed by atoms with van der Waals surface area (Å²) < 4.78 is 0. The predicted octanol–water partition coefficient (Wildman–Crippen LogP) is 0.901. The van der Waals surface area contributed by atoms with Crippen LogP contribution >= 0.6 is 0 Å². The third-order valence-electron chi connectivity index (χ3n) is 4.05. The summed E-state index contributed by atoms with van der Waals surface area (Å²) >= 11 is 0. The van der Waals surface area contributed by atoms with Crippen molar-refractivity contribution in [3.63, 3.8) is 0 Å². The largest absolute Gasteiger partial charge is 0.481 e. The van der Waals surface area contributed by atoms with Gasteiger partial charge in [0.2, 0.25) is 0 Å². The maximum Gasteiger partial charge on any atom is 0.317 e. The number of amides is 2. The molecule has 0 aromatic carbocycles. The Morgan fingerprint density at radius 1 is 1.37 bits per heavy atom. The van der Waals surface area contributed by atoms with Gasteiger partial charge < -0.3 is 20.4 Å². The van der Waals surface area contributed by atoms with Crippen molar-refractivity contribution in [2.24, 2.45) is 11.3 Å². The first-order valence-corrected chi connectivity index (χ1v) is 6.74. The Kier molecular flexibility index (Phi) is 5.60. The van der Waals surface area contributed by atoms with Gasteiger partial charge in [-0.25, -0.2) is 4.79 Å². The third-order valence-corrected chi connectivity index (χ3v) is 4.05. The molecule has 1 aliphatic rings. The van der Waals surface area contributed by atoms with E-state index in [4.69, 9.17) is 5.11 Å². The Balaban J connectivity index is 2.56. The van der Waals surface area contributed by atoms with Gasteiger partial charge in [0.05, 0.1) is 12.0 Å². The smallest absolute Gasteiger partial charge is 0.317 e. The van der Waals surface area contributed by atoms with Crippen molar-refractivity contribution in [1.29, 1.82) is 0 Å². The van der Waals surface area contributed by atoms with Crippen LogP contribution in [0.2, 0.25) is 0 Å². The van der Waals surface area contributed by atoms with Crippen LogP contribution in [-0.4, -0.2) is 53.9 Å². The van der Waals surface area contributed by atoms with Gasteiger partial charge in [0.15, 0.2) is 0 Å². The molecule has 0 saturated heterocycles. The standard InChI is InChI=1S/C13H24N2O4/c1-10-3-5-13(6-4-10,11(17)18)9-14-12(19)15(2)7-8-16/h10,16H,3-9H2,1-2H3,(H,14,19)(H,17,18). The Morgan fingerprint density at radius 2 is 1.95 bits per heavy atom. The number of nitrogens with one attached hydrogen (secondary N) is 1. The number of carbonyl (C=O) groups is 2. The highest BCUT2D eigenvalue weighted by molar-refractivity contribution is 5.78. The molecule has 0 aromatic heterocycles. The third kappa shape index (κ3) is 4.09. The molecule has 1 rings (SSSR count). The van der Waals surface area contributed by atoms with Crippen molar-refractivity contribution < 1.29 is 19.8 Å². The van der Waals surface area contributed by atoms with Crippen LogP contribution in [0, 0.1) is 11.3 Å². The van der Waals surface area contributed by atoms with Gasteiger partial charge in [0.25, 0.3) is 0 Å². The molecule has 1 fully saturated rings. The van der Waals surface area contributed by atoms with Crippen LogP contribution in [0.25, 0.3) is 0 Å². The SMILES string of the molecule is CC1CCC(CNC(=O)N(C)CCO)(C(=O)O)CC1. The van der Waals surface area contributed by atoms with E-state index < -0.39 is 11.4 Å². The molecule has 19 heavy (non-hydrogen) atoms. The fraction of sp³-hybridized carbons (Fsp3) is 0.846. The average Bonchev–Trinajstić information content (AvgIpc) is 2.38. The van der Waals surface area contributed by atoms with Gasteiger partial charge in [-0.05, 0) is 31.6 Å². The molecule has 0 bridgehead atoms. The Morgan fingerprint density at radius 3 is 2.42 bits per heavy atom. The van der Waals surface area contributed by atoms with Crippen LogP contribution in [0.4, 0.5) is 4.79 Å². The van der Waals surface area contributed by atoms with Crippen LogP contribution in [-0.2, 0) is 4.79 Å². The van der Waals surface area contributed by atoms with E-state index in [1.807, 2.05) is 0 Å². The van der Waals surface area contributed by atoms with E-state index in [1.54, 1.807) is 7.05 Å². The number of aliphatic carboxylic acids is 1. The highest BCUT2D eigenvalue weighted by Gasteiger charge is 2.41. The second-order valence-electron chi connectivity index (χ2n) is 5.57. The van der Waals surface area contributed by atoms with Gasteiger partial charge in [-0.2, -0.15) is 0 Å². The minimum absolute atomic E-state index is 0.106. The van der Waals surface area contributed by atoms with Crippen LogP contribution in [0.15, 0.2) is 0 Å². The molecule has 2 amide bonds. The van der Waals surface area contributed by atoms with Crippen molar-refractivity contribution in [3.05, 3.63) is 0 Å². The molecule has 1 aliphatic carbocycles. The molecule has 3 N–H and O–H groups in total. The second-order valence-corrected chi connectivity index (χ2v) is 5.57. The molecular weight excluding hydrogens is 248 g/mol. The fourth-order valence-electron chi connectivity index (χ4n) is 2.41. The number of rotatable bonds is 5. The topological polar surface area (TPSA) is 89.9 Å². The van der Waals surface area contributed by atoms with E-state index in [2.05, 4.69) is 12.2 Å². The second kappa shape index (κ2) is 6.75. The summed E-state index contributed by atoms with van der Waals surface area (Å²) in [4.78, 5) is 24.5. The summed E-state index contributed by atoms with van der Waals surface area (Å²) in [5, 5.41) is 20.8. The molecule has 0 unspecified atom stereocenters. The molecule has 110 valence electrons. The number of urea groups is 1. The van der Waals surface area contributed by atoms with Crippen LogP contribution in [0.3, 0.4) is 0 Å². The maximum atomic E-state index is 11.7. The monoisotopic (exact) mass is 272 g/mol. The van der Waals surface area contributed by atoms with Crippen molar-refractivity contribution in [2.45, 2.75) is 32.6 Å². The van der Waals surface area contributed by atoms with Gasteiger partial charge in [0.1, 0.15) is 0 Å². The molecule has 0 aromatic rings.